The van der Waals surface area contributed by atoms with Crippen molar-refractivity contribution in [2.75, 3.05) is 0 Å². The van der Waals surface area contributed by atoms with Crippen LogP contribution in [0.5, 0.6) is 0 Å². The minimum Gasteiger partial charge on any atom is -0.0654 e. The van der Waals surface area contributed by atoms with Gasteiger partial charge in [0.1, 0.15) is 0 Å². The van der Waals surface area contributed by atoms with Crippen LogP contribution in [0.3, 0.4) is 0 Å². The molecule has 0 unspecified atom stereocenters. The molecule has 38 heavy (non-hydrogen) atoms. The Hall–Kier alpha value is -3.90. The van der Waals surface area contributed by atoms with E-state index in [0.29, 0.717) is 0 Å². The zero-order valence-corrected chi connectivity index (χ0v) is 22.3. The van der Waals surface area contributed by atoms with Crippen LogP contribution in [0.2, 0.25) is 0 Å². The third-order valence-electron chi connectivity index (χ3n) is 8.58. The summed E-state index contributed by atoms with van der Waals surface area (Å²) in [7, 11) is 0. The third-order valence-corrected chi connectivity index (χ3v) is 8.58. The van der Waals surface area contributed by atoms with Crippen molar-refractivity contribution >= 4 is 64.6 Å². The van der Waals surface area contributed by atoms with Gasteiger partial charge in [-0.05, 0) is 95.2 Å². The predicted molar refractivity (Wildman–Crippen MR) is 169 cm³/mol. The van der Waals surface area contributed by atoms with Gasteiger partial charge in [0.2, 0.25) is 0 Å². The van der Waals surface area contributed by atoms with E-state index in [1.54, 1.807) is 0 Å². The van der Waals surface area contributed by atoms with E-state index >= 15 is 0 Å². The molecule has 0 aliphatic carbocycles. The molecule has 0 aliphatic heterocycles. The van der Waals surface area contributed by atoms with E-state index in [-0.39, 0.29) is 0 Å². The Morgan fingerprint density at radius 2 is 0.868 bits per heavy atom. The summed E-state index contributed by atoms with van der Waals surface area (Å²) in [6.45, 7) is 2.28. The molecule has 0 amide bonds. The van der Waals surface area contributed by atoms with Gasteiger partial charge < -0.3 is 0 Å². The van der Waals surface area contributed by atoms with Gasteiger partial charge in [0.05, 0.1) is 0 Å². The van der Waals surface area contributed by atoms with Crippen LogP contribution in [-0.4, -0.2) is 0 Å². The molecule has 0 nitrogen and oxygen atoms in total. The molecule has 0 aromatic heterocycles. The van der Waals surface area contributed by atoms with Gasteiger partial charge in [0, 0.05) is 0 Å². The van der Waals surface area contributed by atoms with Crippen LogP contribution < -0.4 is 0 Å². The maximum Gasteiger partial charge on any atom is -0.00987 e. The molecule has 0 heteroatoms. The lowest BCUT2D eigenvalue weighted by Crippen LogP contribution is -1.88. The first-order valence-electron chi connectivity index (χ1n) is 14.4. The van der Waals surface area contributed by atoms with Crippen molar-refractivity contribution < 1.29 is 0 Å². The largest absolute Gasteiger partial charge is 0.0654 e. The first-order chi connectivity index (χ1) is 18.8. The summed E-state index contributed by atoms with van der Waals surface area (Å²) in [5.74, 6) is 0. The lowest BCUT2D eigenvalue weighted by atomic mass is 9.92. The van der Waals surface area contributed by atoms with Crippen LogP contribution in [0.15, 0.2) is 103 Å². The van der Waals surface area contributed by atoms with Crippen LogP contribution in [0.4, 0.5) is 0 Å². The summed E-state index contributed by atoms with van der Waals surface area (Å²) in [6, 6.07) is 39.1. The van der Waals surface area contributed by atoms with Gasteiger partial charge in [-0.25, -0.2) is 0 Å². The summed E-state index contributed by atoms with van der Waals surface area (Å²) < 4.78 is 0. The number of fused-ring (bicyclic) bond motifs is 10. The molecule has 0 aliphatic rings. The third kappa shape index (κ3) is 4.00. The summed E-state index contributed by atoms with van der Waals surface area (Å²) >= 11 is 0. The van der Waals surface area contributed by atoms with Crippen LogP contribution in [-0.2, 0) is 6.42 Å². The standard InChI is InChI=1S/C38H34/c1-2-3-4-5-6-7-10-26-13-18-32-28(23-26)15-22-36-34(32)21-17-30-24-37-29(25-38(30)36)16-20-33-31-12-9-8-11-27(31)14-19-35(33)37/h8-9,11-25H,2-7,10H2,1H3. The highest BCUT2D eigenvalue weighted by molar-refractivity contribution is 6.23. The molecule has 0 saturated carbocycles. The quantitative estimate of drug-likeness (QED) is 0.118. The number of benzene rings is 7. The van der Waals surface area contributed by atoms with Crippen molar-refractivity contribution in [2.45, 2.75) is 51.9 Å². The summed E-state index contributed by atoms with van der Waals surface area (Å²) in [6.07, 6.45) is 9.29. The fourth-order valence-electron chi connectivity index (χ4n) is 6.51. The van der Waals surface area contributed by atoms with Crippen LogP contribution >= 0.6 is 0 Å². The molecule has 0 fully saturated rings. The highest BCUT2D eigenvalue weighted by Gasteiger charge is 2.10. The van der Waals surface area contributed by atoms with Gasteiger partial charge in [0.15, 0.2) is 0 Å². The Morgan fingerprint density at radius 1 is 0.368 bits per heavy atom. The zero-order valence-electron chi connectivity index (χ0n) is 22.3. The molecule has 186 valence electrons. The Bertz CT molecular complexity index is 1960. The lowest BCUT2D eigenvalue weighted by molar-refractivity contribution is 0.607. The first kappa shape index (κ1) is 23.2. The maximum absolute atomic E-state index is 2.42. The van der Waals surface area contributed by atoms with Gasteiger partial charge in [-0.15, -0.1) is 0 Å². The fraction of sp³-hybridized carbons (Fsp3) is 0.211. The van der Waals surface area contributed by atoms with Crippen molar-refractivity contribution in [3.8, 4) is 0 Å². The van der Waals surface area contributed by atoms with Crippen molar-refractivity contribution in [2.24, 2.45) is 0 Å². The second-order valence-corrected chi connectivity index (χ2v) is 11.0. The zero-order chi connectivity index (χ0) is 25.5. The summed E-state index contributed by atoms with van der Waals surface area (Å²) in [4.78, 5) is 0. The summed E-state index contributed by atoms with van der Waals surface area (Å²) in [5, 5.41) is 16.0. The molecular weight excluding hydrogens is 456 g/mol. The van der Waals surface area contributed by atoms with Crippen molar-refractivity contribution in [3.63, 3.8) is 0 Å². The molecule has 7 aromatic carbocycles. The molecule has 7 aromatic rings. The molecule has 0 saturated heterocycles. The molecule has 7 rings (SSSR count). The minimum absolute atomic E-state index is 1.19. The van der Waals surface area contributed by atoms with Gasteiger partial charge in [0.25, 0.3) is 0 Å². The molecule has 0 heterocycles. The SMILES string of the molecule is CCCCCCCCc1ccc2c(ccc3c4cc5ccc6c7ccccc7ccc6c5cc4ccc23)c1. The maximum atomic E-state index is 2.42. The summed E-state index contributed by atoms with van der Waals surface area (Å²) in [5.41, 5.74) is 1.47. The fourth-order valence-corrected chi connectivity index (χ4v) is 6.51. The molecule has 0 N–H and O–H groups in total. The van der Waals surface area contributed by atoms with E-state index in [1.165, 1.54) is 115 Å². The van der Waals surface area contributed by atoms with Crippen LogP contribution in [0, 0.1) is 0 Å². The lowest BCUT2D eigenvalue weighted by Gasteiger charge is -2.12. The van der Waals surface area contributed by atoms with Gasteiger partial charge in [-0.3, -0.25) is 0 Å². The van der Waals surface area contributed by atoms with Crippen molar-refractivity contribution in [3.05, 3.63) is 109 Å². The molecule has 0 bridgehead atoms. The van der Waals surface area contributed by atoms with Crippen molar-refractivity contribution in [1.82, 2.24) is 0 Å². The monoisotopic (exact) mass is 490 g/mol. The number of unbranched alkanes of at least 4 members (excludes halogenated alkanes) is 5. The Labute approximate surface area is 224 Å². The number of hydrogen-bond donors (Lipinski definition) is 0. The highest BCUT2D eigenvalue weighted by atomic mass is 14.1. The topological polar surface area (TPSA) is 0 Å². The van der Waals surface area contributed by atoms with Crippen LogP contribution in [0.1, 0.15) is 51.0 Å². The van der Waals surface area contributed by atoms with E-state index in [4.69, 9.17) is 0 Å². The highest BCUT2D eigenvalue weighted by Crippen LogP contribution is 2.37. The van der Waals surface area contributed by atoms with E-state index < -0.39 is 0 Å². The van der Waals surface area contributed by atoms with Gasteiger partial charge >= 0.3 is 0 Å². The normalized spacial score (nSPS) is 12.0. The Kier molecular flexibility index (Phi) is 5.97. The van der Waals surface area contributed by atoms with E-state index in [0.717, 1.165) is 0 Å². The van der Waals surface area contributed by atoms with E-state index in [1.807, 2.05) is 0 Å². The number of rotatable bonds is 7. The van der Waals surface area contributed by atoms with Gasteiger partial charge in [-0.1, -0.05) is 130 Å². The second kappa shape index (κ2) is 9.76. The predicted octanol–water partition coefficient (Wildman–Crippen LogP) is 11.5. The molecule has 0 radical (unpaired) electrons. The number of aryl methyl sites for hydroxylation is 1. The Balaban J connectivity index is 1.29. The van der Waals surface area contributed by atoms with Gasteiger partial charge in [-0.2, -0.15) is 0 Å². The average molecular weight is 491 g/mol. The molecular formula is C38H34. The van der Waals surface area contributed by atoms with E-state index in [2.05, 4.69) is 110 Å². The number of hydrogen-bond acceptors (Lipinski definition) is 0. The van der Waals surface area contributed by atoms with E-state index in [9.17, 15) is 0 Å². The minimum atomic E-state index is 1.19. The van der Waals surface area contributed by atoms with Crippen LogP contribution in [0.25, 0.3) is 64.6 Å². The second-order valence-electron chi connectivity index (χ2n) is 11.0. The smallest absolute Gasteiger partial charge is 0.00987 e. The average Bonchev–Trinajstić information content (AvgIpc) is 2.97. The Morgan fingerprint density at radius 3 is 1.55 bits per heavy atom. The molecule has 0 atom stereocenters. The first-order valence-corrected chi connectivity index (χ1v) is 14.4. The van der Waals surface area contributed by atoms with Crippen molar-refractivity contribution in [1.29, 1.82) is 0 Å². The molecule has 0 spiro atoms.